The number of hydrogen-bond donors (Lipinski definition) is 2. The molecule has 0 bridgehead atoms. The van der Waals surface area contributed by atoms with E-state index in [2.05, 4.69) is 10.3 Å². The molecule has 18 heavy (non-hydrogen) atoms. The summed E-state index contributed by atoms with van der Waals surface area (Å²) >= 11 is 0. The second-order valence-electron chi connectivity index (χ2n) is 4.32. The van der Waals surface area contributed by atoms with Crippen LogP contribution < -0.4 is 5.32 Å². The second kappa shape index (κ2) is 5.03. The van der Waals surface area contributed by atoms with E-state index in [4.69, 9.17) is 5.11 Å². The van der Waals surface area contributed by atoms with Gasteiger partial charge >= 0.3 is 5.97 Å². The molecule has 2 N–H and O–H groups in total. The van der Waals surface area contributed by atoms with Crippen LogP contribution in [0, 0.1) is 0 Å². The summed E-state index contributed by atoms with van der Waals surface area (Å²) in [6, 6.07) is 3.08. The van der Waals surface area contributed by atoms with E-state index >= 15 is 0 Å². The zero-order chi connectivity index (χ0) is 13.2. The highest BCUT2D eigenvalue weighted by atomic mass is 32.2. The van der Waals surface area contributed by atoms with Crippen molar-refractivity contribution < 1.29 is 18.3 Å². The van der Waals surface area contributed by atoms with Gasteiger partial charge in [-0.05, 0) is 18.6 Å². The highest BCUT2D eigenvalue weighted by Gasteiger charge is 2.27. The summed E-state index contributed by atoms with van der Waals surface area (Å²) in [4.78, 5) is 14.6. The van der Waals surface area contributed by atoms with E-state index < -0.39 is 15.8 Å². The zero-order valence-corrected chi connectivity index (χ0v) is 10.5. The first-order valence-electron chi connectivity index (χ1n) is 5.58. The monoisotopic (exact) mass is 270 g/mol. The Morgan fingerprint density at radius 1 is 1.50 bits per heavy atom. The largest absolute Gasteiger partial charge is 0.478 e. The van der Waals surface area contributed by atoms with Crippen LogP contribution in [0.3, 0.4) is 0 Å². The smallest absolute Gasteiger partial charge is 0.337 e. The SMILES string of the molecule is O=C(O)c1ccc(CNC2CCS(=O)(=O)C2)nc1. The molecule has 1 atom stereocenters. The van der Waals surface area contributed by atoms with Gasteiger partial charge in [0.15, 0.2) is 9.84 Å². The molecule has 6 nitrogen and oxygen atoms in total. The van der Waals surface area contributed by atoms with E-state index in [1.54, 1.807) is 6.07 Å². The van der Waals surface area contributed by atoms with Gasteiger partial charge in [-0.25, -0.2) is 13.2 Å². The van der Waals surface area contributed by atoms with Gasteiger partial charge in [-0.1, -0.05) is 0 Å². The molecule has 2 heterocycles. The maximum Gasteiger partial charge on any atom is 0.337 e. The number of carboxylic acid groups (broad SMARTS) is 1. The lowest BCUT2D eigenvalue weighted by Crippen LogP contribution is -2.29. The summed E-state index contributed by atoms with van der Waals surface area (Å²) in [6.45, 7) is 0.445. The maximum atomic E-state index is 11.3. The minimum Gasteiger partial charge on any atom is -0.478 e. The lowest BCUT2D eigenvalue weighted by atomic mass is 10.2. The Hall–Kier alpha value is -1.47. The van der Waals surface area contributed by atoms with E-state index in [1.807, 2.05) is 0 Å². The van der Waals surface area contributed by atoms with Crippen LogP contribution in [0.1, 0.15) is 22.5 Å². The third-order valence-electron chi connectivity index (χ3n) is 2.88. The summed E-state index contributed by atoms with van der Waals surface area (Å²) in [5.74, 6) is -0.611. The van der Waals surface area contributed by atoms with Crippen LogP contribution in [-0.2, 0) is 16.4 Å². The van der Waals surface area contributed by atoms with Crippen molar-refractivity contribution in [3.05, 3.63) is 29.6 Å². The Morgan fingerprint density at radius 3 is 2.78 bits per heavy atom. The van der Waals surface area contributed by atoms with E-state index in [-0.39, 0.29) is 23.1 Å². The molecule has 0 amide bonds. The van der Waals surface area contributed by atoms with Crippen molar-refractivity contribution in [2.45, 2.75) is 19.0 Å². The molecule has 98 valence electrons. The summed E-state index contributed by atoms with van der Waals surface area (Å²) in [5, 5.41) is 11.8. The summed E-state index contributed by atoms with van der Waals surface area (Å²) in [5.41, 5.74) is 0.839. The first-order chi connectivity index (χ1) is 8.46. The number of sulfone groups is 1. The second-order valence-corrected chi connectivity index (χ2v) is 6.55. The number of pyridine rings is 1. The third kappa shape index (κ3) is 3.27. The van der Waals surface area contributed by atoms with Crippen molar-refractivity contribution in [1.29, 1.82) is 0 Å². The van der Waals surface area contributed by atoms with E-state index in [0.717, 1.165) is 0 Å². The van der Waals surface area contributed by atoms with Gasteiger partial charge in [-0.15, -0.1) is 0 Å². The molecule has 1 aromatic rings. The lowest BCUT2D eigenvalue weighted by molar-refractivity contribution is 0.0696. The minimum atomic E-state index is -2.88. The molecule has 1 saturated heterocycles. The molecule has 1 aliphatic heterocycles. The van der Waals surface area contributed by atoms with Gasteiger partial charge in [0.1, 0.15) is 0 Å². The average molecular weight is 270 g/mol. The first kappa shape index (κ1) is 13.0. The molecule has 1 aromatic heterocycles. The Labute approximate surface area is 105 Å². The fraction of sp³-hybridized carbons (Fsp3) is 0.455. The molecule has 2 rings (SSSR count). The van der Waals surface area contributed by atoms with Gasteiger partial charge in [0.25, 0.3) is 0 Å². The number of carboxylic acids is 1. The number of rotatable bonds is 4. The van der Waals surface area contributed by atoms with Crippen LogP contribution in [0.15, 0.2) is 18.3 Å². The molecule has 1 fully saturated rings. The van der Waals surface area contributed by atoms with Gasteiger partial charge in [0.2, 0.25) is 0 Å². The molecule has 0 aromatic carbocycles. The highest BCUT2D eigenvalue weighted by molar-refractivity contribution is 7.91. The fourth-order valence-corrected chi connectivity index (χ4v) is 3.57. The maximum absolute atomic E-state index is 11.3. The van der Waals surface area contributed by atoms with E-state index in [9.17, 15) is 13.2 Å². The normalized spacial score (nSPS) is 21.9. The van der Waals surface area contributed by atoms with Crippen LogP contribution in [0.4, 0.5) is 0 Å². The summed E-state index contributed by atoms with van der Waals surface area (Å²) < 4.78 is 22.5. The third-order valence-corrected chi connectivity index (χ3v) is 4.64. The topological polar surface area (TPSA) is 96.4 Å². The Bertz CT molecular complexity index is 539. The highest BCUT2D eigenvalue weighted by Crippen LogP contribution is 2.11. The van der Waals surface area contributed by atoms with Gasteiger partial charge in [-0.3, -0.25) is 4.98 Å². The molecule has 1 unspecified atom stereocenters. The van der Waals surface area contributed by atoms with Crippen LogP contribution in [0.25, 0.3) is 0 Å². The average Bonchev–Trinajstić information content (AvgIpc) is 2.67. The quantitative estimate of drug-likeness (QED) is 0.803. The van der Waals surface area contributed by atoms with Crippen molar-refractivity contribution in [3.63, 3.8) is 0 Å². The number of carbonyl (C=O) groups is 1. The van der Waals surface area contributed by atoms with Crippen molar-refractivity contribution in [1.82, 2.24) is 10.3 Å². The van der Waals surface area contributed by atoms with Gasteiger partial charge in [0.05, 0.1) is 22.8 Å². The predicted octanol–water partition coefficient (Wildman–Crippen LogP) is 0.0565. The van der Waals surface area contributed by atoms with Crippen molar-refractivity contribution in [3.8, 4) is 0 Å². The molecular weight excluding hydrogens is 256 g/mol. The number of nitrogens with zero attached hydrogens (tertiary/aromatic N) is 1. The van der Waals surface area contributed by atoms with Gasteiger partial charge in [-0.2, -0.15) is 0 Å². The summed E-state index contributed by atoms with van der Waals surface area (Å²) in [7, 11) is -2.88. The van der Waals surface area contributed by atoms with Gasteiger partial charge in [0, 0.05) is 18.8 Å². The van der Waals surface area contributed by atoms with Gasteiger partial charge < -0.3 is 10.4 Å². The standard InChI is InChI=1S/C11H14N2O4S/c14-11(15)8-1-2-9(12-5-8)6-13-10-3-4-18(16,17)7-10/h1-2,5,10,13H,3-4,6-7H2,(H,14,15). The number of hydrogen-bond acceptors (Lipinski definition) is 5. The van der Waals surface area contributed by atoms with Crippen LogP contribution in [-0.4, -0.2) is 42.0 Å². The van der Waals surface area contributed by atoms with Crippen molar-refractivity contribution in [2.75, 3.05) is 11.5 Å². The molecule has 0 radical (unpaired) electrons. The predicted molar refractivity (Wildman–Crippen MR) is 65.1 cm³/mol. The Morgan fingerprint density at radius 2 is 2.28 bits per heavy atom. The first-order valence-corrected chi connectivity index (χ1v) is 7.40. The van der Waals surface area contributed by atoms with Crippen LogP contribution in [0.5, 0.6) is 0 Å². The van der Waals surface area contributed by atoms with Crippen LogP contribution in [0.2, 0.25) is 0 Å². The molecular formula is C11H14N2O4S. The zero-order valence-electron chi connectivity index (χ0n) is 9.67. The van der Waals surface area contributed by atoms with E-state index in [1.165, 1.54) is 12.3 Å². The molecule has 1 aliphatic rings. The summed E-state index contributed by atoms with van der Waals surface area (Å²) in [6.07, 6.45) is 1.92. The lowest BCUT2D eigenvalue weighted by Gasteiger charge is -2.09. The fourth-order valence-electron chi connectivity index (χ4n) is 1.86. The molecule has 0 spiro atoms. The Kier molecular flexibility index (Phi) is 3.63. The van der Waals surface area contributed by atoms with Crippen molar-refractivity contribution in [2.24, 2.45) is 0 Å². The minimum absolute atomic E-state index is 0.0315. The molecule has 7 heteroatoms. The van der Waals surface area contributed by atoms with E-state index in [0.29, 0.717) is 18.7 Å². The van der Waals surface area contributed by atoms with Crippen molar-refractivity contribution >= 4 is 15.8 Å². The number of aromatic carboxylic acids is 1. The Balaban J connectivity index is 1.89. The molecule has 0 saturated carbocycles. The number of nitrogens with one attached hydrogen (secondary N) is 1. The molecule has 0 aliphatic carbocycles. The van der Waals surface area contributed by atoms with Crippen LogP contribution >= 0.6 is 0 Å². The number of aromatic nitrogens is 1.